The summed E-state index contributed by atoms with van der Waals surface area (Å²) in [6.07, 6.45) is -0.165. The van der Waals surface area contributed by atoms with E-state index in [0.717, 1.165) is 44.0 Å². The molecule has 1 aliphatic carbocycles. The van der Waals surface area contributed by atoms with Gasteiger partial charge in [0.25, 0.3) is 0 Å². The summed E-state index contributed by atoms with van der Waals surface area (Å²) >= 11 is 0. The highest BCUT2D eigenvalue weighted by Crippen LogP contribution is 2.28. The van der Waals surface area contributed by atoms with Crippen molar-refractivity contribution in [1.82, 2.24) is 10.2 Å². The Hall–Kier alpha value is -2.36. The van der Waals surface area contributed by atoms with Gasteiger partial charge < -0.3 is 15.4 Å². The Bertz CT molecular complexity index is 766. The van der Waals surface area contributed by atoms with Crippen LogP contribution in [0.3, 0.4) is 0 Å². The van der Waals surface area contributed by atoms with Gasteiger partial charge in [0.2, 0.25) is 0 Å². The van der Waals surface area contributed by atoms with Crippen molar-refractivity contribution in [1.29, 1.82) is 0 Å². The first kappa shape index (κ1) is 22.3. The smallest absolute Gasteiger partial charge is 0.392 e. The predicted octanol–water partition coefficient (Wildman–Crippen LogP) is 3.23. The fraction of sp³-hybridized carbons (Fsp3) is 0.600. The topological polar surface area (TPSA) is 70.7 Å². The number of rotatable bonds is 6. The zero-order valence-corrected chi connectivity index (χ0v) is 16.4. The largest absolute Gasteiger partial charge is 0.491 e. The monoisotopic (exact) mass is 431 g/mol. The van der Waals surface area contributed by atoms with Crippen LogP contribution in [0, 0.1) is 5.82 Å². The second-order valence-electron chi connectivity index (χ2n) is 7.70. The Kier molecular flexibility index (Phi) is 7.17. The fourth-order valence-electron chi connectivity index (χ4n) is 3.93. The van der Waals surface area contributed by atoms with Crippen LogP contribution in [0.1, 0.15) is 38.5 Å². The van der Waals surface area contributed by atoms with E-state index >= 15 is 0 Å². The molecule has 1 aromatic carbocycles. The second-order valence-corrected chi connectivity index (χ2v) is 7.70. The zero-order valence-electron chi connectivity index (χ0n) is 16.4. The van der Waals surface area contributed by atoms with Crippen molar-refractivity contribution in [2.24, 2.45) is 0 Å². The van der Waals surface area contributed by atoms with Gasteiger partial charge in [-0.1, -0.05) is 12.8 Å². The lowest BCUT2D eigenvalue weighted by atomic mass is 10.2. The number of alkyl halides is 3. The van der Waals surface area contributed by atoms with Crippen molar-refractivity contribution in [3.63, 3.8) is 0 Å². The SMILES string of the molecule is O=C(Nc1ccc(F)cc1OCCC(F)(F)F)C(=O)NC1CCN(C2CCCC2)C1. The summed E-state index contributed by atoms with van der Waals surface area (Å²) in [4.78, 5) is 26.8. The van der Waals surface area contributed by atoms with Crippen molar-refractivity contribution in [3.8, 4) is 5.75 Å². The number of nitrogens with zero attached hydrogens (tertiary/aromatic N) is 1. The van der Waals surface area contributed by atoms with Gasteiger partial charge in [0.05, 0.1) is 18.7 Å². The molecule has 1 saturated heterocycles. The standard InChI is InChI=1S/C20H25F4N3O3/c21-13-5-6-16(17(11-13)30-10-8-20(22,23)24)26-19(29)18(28)25-14-7-9-27(12-14)15-3-1-2-4-15/h5-6,11,14-15H,1-4,7-10,12H2,(H,25,28)(H,26,29). The minimum atomic E-state index is -4.43. The summed E-state index contributed by atoms with van der Waals surface area (Å²) in [6.45, 7) is 0.819. The molecular formula is C20H25F4N3O3. The van der Waals surface area contributed by atoms with Crippen molar-refractivity contribution >= 4 is 17.5 Å². The molecule has 2 amide bonds. The van der Waals surface area contributed by atoms with Crippen LogP contribution >= 0.6 is 0 Å². The van der Waals surface area contributed by atoms with Crippen molar-refractivity contribution in [2.75, 3.05) is 25.0 Å². The van der Waals surface area contributed by atoms with Crippen LogP contribution in [-0.4, -0.2) is 54.7 Å². The third-order valence-corrected chi connectivity index (χ3v) is 5.44. The first-order chi connectivity index (χ1) is 14.2. The van der Waals surface area contributed by atoms with Gasteiger partial charge in [-0.2, -0.15) is 13.2 Å². The number of hydrogen-bond donors (Lipinski definition) is 2. The molecule has 2 fully saturated rings. The molecule has 3 rings (SSSR count). The molecule has 166 valence electrons. The summed E-state index contributed by atoms with van der Waals surface area (Å²) in [6, 6.07) is 3.41. The summed E-state index contributed by atoms with van der Waals surface area (Å²) in [5.41, 5.74) is -0.0715. The van der Waals surface area contributed by atoms with E-state index in [4.69, 9.17) is 4.74 Å². The van der Waals surface area contributed by atoms with Crippen LogP contribution in [0.5, 0.6) is 5.75 Å². The van der Waals surface area contributed by atoms with Gasteiger partial charge in [-0.15, -0.1) is 0 Å². The number of carbonyl (C=O) groups excluding carboxylic acids is 2. The molecule has 0 bridgehead atoms. The molecule has 2 N–H and O–H groups in total. The van der Waals surface area contributed by atoms with E-state index in [1.165, 1.54) is 12.8 Å². The zero-order chi connectivity index (χ0) is 21.7. The number of anilines is 1. The number of likely N-dealkylation sites (tertiary alicyclic amines) is 1. The highest BCUT2D eigenvalue weighted by molar-refractivity contribution is 6.39. The normalized spacial score (nSPS) is 20.3. The average molecular weight is 431 g/mol. The number of nitrogens with one attached hydrogen (secondary N) is 2. The fourth-order valence-corrected chi connectivity index (χ4v) is 3.93. The lowest BCUT2D eigenvalue weighted by Crippen LogP contribution is -2.44. The van der Waals surface area contributed by atoms with Crippen LogP contribution in [0.15, 0.2) is 18.2 Å². The molecular weight excluding hydrogens is 406 g/mol. The Morgan fingerprint density at radius 2 is 1.87 bits per heavy atom. The van der Waals surface area contributed by atoms with Crippen LogP contribution in [-0.2, 0) is 9.59 Å². The molecule has 0 radical (unpaired) electrons. The van der Waals surface area contributed by atoms with E-state index in [1.807, 2.05) is 0 Å². The third kappa shape index (κ3) is 6.32. The van der Waals surface area contributed by atoms with Crippen LogP contribution in [0.2, 0.25) is 0 Å². The van der Waals surface area contributed by atoms with E-state index in [2.05, 4.69) is 15.5 Å². The number of carbonyl (C=O) groups is 2. The maximum atomic E-state index is 13.4. The summed E-state index contributed by atoms with van der Waals surface area (Å²) in [7, 11) is 0. The van der Waals surface area contributed by atoms with E-state index in [-0.39, 0.29) is 17.5 Å². The summed E-state index contributed by atoms with van der Waals surface area (Å²) in [5, 5.41) is 4.98. The highest BCUT2D eigenvalue weighted by Gasteiger charge is 2.32. The number of hydrogen-bond acceptors (Lipinski definition) is 4. The minimum Gasteiger partial charge on any atom is -0.491 e. The lowest BCUT2D eigenvalue weighted by molar-refractivity contribution is -0.139. The number of halogens is 4. The maximum Gasteiger partial charge on any atom is 0.392 e. The van der Waals surface area contributed by atoms with Gasteiger partial charge in [-0.05, 0) is 31.4 Å². The Labute approximate surface area is 171 Å². The molecule has 6 nitrogen and oxygen atoms in total. The summed E-state index contributed by atoms with van der Waals surface area (Å²) < 4.78 is 55.3. The Morgan fingerprint density at radius 1 is 1.13 bits per heavy atom. The average Bonchev–Trinajstić information content (AvgIpc) is 3.34. The summed E-state index contributed by atoms with van der Waals surface area (Å²) in [5.74, 6) is -2.84. The first-order valence-corrected chi connectivity index (χ1v) is 10.1. The van der Waals surface area contributed by atoms with Gasteiger partial charge in [0.1, 0.15) is 11.6 Å². The molecule has 30 heavy (non-hydrogen) atoms. The molecule has 1 atom stereocenters. The van der Waals surface area contributed by atoms with Crippen molar-refractivity contribution in [3.05, 3.63) is 24.0 Å². The molecule has 0 spiro atoms. The molecule has 1 aliphatic heterocycles. The quantitative estimate of drug-likeness (QED) is 0.536. The van der Waals surface area contributed by atoms with E-state index < -0.39 is 36.8 Å². The molecule has 1 heterocycles. The van der Waals surface area contributed by atoms with E-state index in [1.54, 1.807) is 0 Å². The van der Waals surface area contributed by atoms with Crippen LogP contribution in [0.4, 0.5) is 23.2 Å². The molecule has 1 aromatic rings. The maximum absolute atomic E-state index is 13.4. The molecule has 0 aromatic heterocycles. The number of amides is 2. The van der Waals surface area contributed by atoms with Crippen molar-refractivity contribution in [2.45, 2.75) is 56.8 Å². The third-order valence-electron chi connectivity index (χ3n) is 5.44. The first-order valence-electron chi connectivity index (χ1n) is 10.1. The van der Waals surface area contributed by atoms with Crippen molar-refractivity contribution < 1.29 is 31.9 Å². The van der Waals surface area contributed by atoms with Crippen LogP contribution < -0.4 is 15.4 Å². The molecule has 2 aliphatic rings. The Balaban J connectivity index is 1.52. The second kappa shape index (κ2) is 9.63. The number of benzene rings is 1. The van der Waals surface area contributed by atoms with Crippen LogP contribution in [0.25, 0.3) is 0 Å². The number of ether oxygens (including phenoxy) is 1. The highest BCUT2D eigenvalue weighted by atomic mass is 19.4. The van der Waals surface area contributed by atoms with Gasteiger partial charge in [-0.3, -0.25) is 14.5 Å². The van der Waals surface area contributed by atoms with Gasteiger partial charge >= 0.3 is 18.0 Å². The van der Waals surface area contributed by atoms with Gasteiger partial charge in [0, 0.05) is 31.2 Å². The molecule has 1 unspecified atom stereocenters. The van der Waals surface area contributed by atoms with E-state index in [9.17, 15) is 27.2 Å². The predicted molar refractivity (Wildman–Crippen MR) is 102 cm³/mol. The Morgan fingerprint density at radius 3 is 2.57 bits per heavy atom. The molecule has 1 saturated carbocycles. The van der Waals surface area contributed by atoms with Gasteiger partial charge in [0.15, 0.2) is 0 Å². The lowest BCUT2D eigenvalue weighted by Gasteiger charge is -2.23. The van der Waals surface area contributed by atoms with Gasteiger partial charge in [-0.25, -0.2) is 4.39 Å². The minimum absolute atomic E-state index is 0.0715. The molecule has 10 heteroatoms. The van der Waals surface area contributed by atoms with E-state index in [0.29, 0.717) is 12.6 Å².